The normalized spacial score (nSPS) is 16.6. The Morgan fingerprint density at radius 1 is 1.27 bits per heavy atom. The molecular weight excluding hydrogens is 415 g/mol. The third kappa shape index (κ3) is 3.47. The fraction of sp³-hybridized carbons (Fsp3) is 0.429. The molecule has 1 saturated carbocycles. The highest BCUT2D eigenvalue weighted by molar-refractivity contribution is 6.33. The SMILES string of the molecule is C=C1c2c(nc(-c3nc(NC4CC4)c(Cl)cc3CC)n2C)C=C(C(F)(F)F)N1CC. The van der Waals surface area contributed by atoms with Crippen molar-refractivity contribution in [3.05, 3.63) is 40.3 Å². The quantitative estimate of drug-likeness (QED) is 0.672. The zero-order chi connectivity index (χ0) is 21.8. The van der Waals surface area contributed by atoms with Crippen molar-refractivity contribution in [1.29, 1.82) is 0 Å². The molecule has 30 heavy (non-hydrogen) atoms. The van der Waals surface area contributed by atoms with E-state index in [4.69, 9.17) is 16.6 Å². The Bertz CT molecular complexity index is 1050. The van der Waals surface area contributed by atoms with Crippen LogP contribution in [0.1, 0.15) is 43.6 Å². The molecule has 0 unspecified atom stereocenters. The van der Waals surface area contributed by atoms with E-state index in [0.29, 0.717) is 40.5 Å². The van der Waals surface area contributed by atoms with Gasteiger partial charge < -0.3 is 14.8 Å². The van der Waals surface area contributed by atoms with Crippen LogP contribution >= 0.6 is 11.6 Å². The second kappa shape index (κ2) is 7.34. The zero-order valence-corrected chi connectivity index (χ0v) is 17.8. The summed E-state index contributed by atoms with van der Waals surface area (Å²) >= 11 is 6.40. The summed E-state index contributed by atoms with van der Waals surface area (Å²) in [5, 5.41) is 3.84. The molecule has 1 fully saturated rings. The number of rotatable bonds is 5. The van der Waals surface area contributed by atoms with Gasteiger partial charge in [-0.2, -0.15) is 13.2 Å². The van der Waals surface area contributed by atoms with Crippen LogP contribution in [-0.4, -0.2) is 38.2 Å². The summed E-state index contributed by atoms with van der Waals surface area (Å²) in [5.74, 6) is 1.07. The van der Waals surface area contributed by atoms with Gasteiger partial charge in [-0.1, -0.05) is 25.1 Å². The Morgan fingerprint density at radius 2 is 1.97 bits per heavy atom. The average molecular weight is 438 g/mol. The van der Waals surface area contributed by atoms with Crippen LogP contribution in [0, 0.1) is 0 Å². The van der Waals surface area contributed by atoms with E-state index in [1.54, 1.807) is 18.5 Å². The molecule has 1 aliphatic heterocycles. The Balaban J connectivity index is 1.87. The van der Waals surface area contributed by atoms with Crippen LogP contribution in [0.15, 0.2) is 18.3 Å². The van der Waals surface area contributed by atoms with E-state index in [9.17, 15) is 13.2 Å². The third-order valence-corrected chi connectivity index (χ3v) is 5.75. The average Bonchev–Trinajstić information content (AvgIpc) is 3.43. The fourth-order valence-corrected chi connectivity index (χ4v) is 3.99. The molecule has 0 bridgehead atoms. The van der Waals surface area contributed by atoms with Gasteiger partial charge in [0.1, 0.15) is 17.2 Å². The summed E-state index contributed by atoms with van der Waals surface area (Å²) in [6.07, 6.45) is -0.617. The van der Waals surface area contributed by atoms with E-state index >= 15 is 0 Å². The van der Waals surface area contributed by atoms with Crippen molar-refractivity contribution in [2.24, 2.45) is 7.05 Å². The minimum absolute atomic E-state index is 0.152. The summed E-state index contributed by atoms with van der Waals surface area (Å²) in [7, 11) is 1.77. The summed E-state index contributed by atoms with van der Waals surface area (Å²) in [6.45, 7) is 7.73. The van der Waals surface area contributed by atoms with Crippen molar-refractivity contribution in [2.45, 2.75) is 45.3 Å². The molecule has 4 rings (SSSR count). The van der Waals surface area contributed by atoms with E-state index in [-0.39, 0.29) is 17.9 Å². The molecule has 1 aliphatic carbocycles. The predicted molar refractivity (Wildman–Crippen MR) is 113 cm³/mol. The van der Waals surface area contributed by atoms with Crippen LogP contribution in [-0.2, 0) is 13.5 Å². The molecule has 0 atom stereocenters. The van der Waals surface area contributed by atoms with E-state index in [1.165, 1.54) is 4.90 Å². The number of aryl methyl sites for hydroxylation is 1. The van der Waals surface area contributed by atoms with E-state index in [1.807, 2.05) is 13.0 Å². The lowest BCUT2D eigenvalue weighted by molar-refractivity contribution is -0.105. The summed E-state index contributed by atoms with van der Waals surface area (Å²) in [4.78, 5) is 10.4. The van der Waals surface area contributed by atoms with Gasteiger partial charge in [-0.25, -0.2) is 9.97 Å². The van der Waals surface area contributed by atoms with Gasteiger partial charge in [0.25, 0.3) is 0 Å². The van der Waals surface area contributed by atoms with Crippen molar-refractivity contribution < 1.29 is 13.2 Å². The smallest absolute Gasteiger partial charge is 0.366 e. The highest BCUT2D eigenvalue weighted by atomic mass is 35.5. The molecular formula is C21H23ClF3N5. The van der Waals surface area contributed by atoms with Crippen LogP contribution in [0.25, 0.3) is 23.3 Å². The number of halogens is 4. The highest BCUT2D eigenvalue weighted by Crippen LogP contribution is 2.41. The van der Waals surface area contributed by atoms with Crippen molar-refractivity contribution in [3.63, 3.8) is 0 Å². The Hall–Kier alpha value is -2.48. The first-order valence-electron chi connectivity index (χ1n) is 9.94. The molecule has 0 radical (unpaired) electrons. The number of aromatic nitrogens is 3. The van der Waals surface area contributed by atoms with Gasteiger partial charge in [-0.3, -0.25) is 0 Å². The maximum Gasteiger partial charge on any atom is 0.431 e. The maximum atomic E-state index is 13.6. The number of imidazole rings is 1. The molecule has 0 amide bonds. The summed E-state index contributed by atoms with van der Waals surface area (Å²) in [6, 6.07) is 2.21. The number of nitrogens with zero attached hydrogens (tertiary/aromatic N) is 4. The molecule has 3 heterocycles. The van der Waals surface area contributed by atoms with Crippen LogP contribution in [0.5, 0.6) is 0 Å². The number of fused-ring (bicyclic) bond motifs is 1. The second-order valence-corrected chi connectivity index (χ2v) is 7.95. The molecule has 0 aromatic carbocycles. The summed E-state index contributed by atoms with van der Waals surface area (Å²) < 4.78 is 42.6. The van der Waals surface area contributed by atoms with Gasteiger partial charge in [-0.05, 0) is 43.9 Å². The van der Waals surface area contributed by atoms with Crippen molar-refractivity contribution in [3.8, 4) is 11.5 Å². The number of nitrogens with one attached hydrogen (secondary N) is 1. The Kier molecular flexibility index (Phi) is 5.08. The standard InChI is InChI=1S/C21H23ClF3N5/c1-5-12-9-14(22)19(26-13-7-8-13)28-17(12)20-27-15-10-16(21(23,24)25)30(6-2)11(3)18(15)29(20)4/h9-10,13H,3,5-8H2,1-2,4H3,(H,26,28). The summed E-state index contributed by atoms with van der Waals surface area (Å²) in [5.41, 5.74) is 1.79. The number of alkyl halides is 3. The number of hydrogen-bond donors (Lipinski definition) is 1. The lowest BCUT2D eigenvalue weighted by Crippen LogP contribution is -2.33. The highest BCUT2D eigenvalue weighted by Gasteiger charge is 2.42. The lowest BCUT2D eigenvalue weighted by atomic mass is 10.1. The van der Waals surface area contributed by atoms with E-state index in [0.717, 1.165) is 24.5 Å². The molecule has 0 spiro atoms. The molecule has 2 aromatic rings. The Morgan fingerprint density at radius 3 is 2.53 bits per heavy atom. The van der Waals surface area contributed by atoms with Gasteiger partial charge in [0.05, 0.1) is 22.1 Å². The largest absolute Gasteiger partial charge is 0.431 e. The first kappa shape index (κ1) is 20.8. The minimum Gasteiger partial charge on any atom is -0.366 e. The van der Waals surface area contributed by atoms with Crippen LogP contribution in [0.3, 0.4) is 0 Å². The van der Waals surface area contributed by atoms with Crippen molar-refractivity contribution in [1.82, 2.24) is 19.4 Å². The van der Waals surface area contributed by atoms with Crippen molar-refractivity contribution in [2.75, 3.05) is 11.9 Å². The monoisotopic (exact) mass is 437 g/mol. The van der Waals surface area contributed by atoms with Gasteiger partial charge >= 0.3 is 6.18 Å². The van der Waals surface area contributed by atoms with Crippen molar-refractivity contribution >= 4 is 29.2 Å². The van der Waals surface area contributed by atoms with Crippen LogP contribution < -0.4 is 5.32 Å². The van der Waals surface area contributed by atoms with Gasteiger partial charge in [0.2, 0.25) is 0 Å². The second-order valence-electron chi connectivity index (χ2n) is 7.55. The minimum atomic E-state index is -4.50. The molecule has 9 heteroatoms. The number of hydrogen-bond acceptors (Lipinski definition) is 4. The maximum absolute atomic E-state index is 13.6. The lowest BCUT2D eigenvalue weighted by Gasteiger charge is -2.32. The molecule has 1 N–H and O–H groups in total. The number of pyridine rings is 1. The van der Waals surface area contributed by atoms with Gasteiger partial charge in [0, 0.05) is 19.6 Å². The molecule has 160 valence electrons. The zero-order valence-electron chi connectivity index (χ0n) is 17.1. The topological polar surface area (TPSA) is 46.0 Å². The van der Waals surface area contributed by atoms with E-state index < -0.39 is 11.9 Å². The fourth-order valence-electron chi connectivity index (χ4n) is 3.76. The molecule has 5 nitrogen and oxygen atoms in total. The van der Waals surface area contributed by atoms with Gasteiger partial charge in [-0.15, -0.1) is 0 Å². The first-order chi connectivity index (χ1) is 14.2. The van der Waals surface area contributed by atoms with E-state index in [2.05, 4.69) is 16.9 Å². The predicted octanol–water partition coefficient (Wildman–Crippen LogP) is 5.48. The molecule has 2 aromatic heterocycles. The first-order valence-corrected chi connectivity index (χ1v) is 10.3. The molecule has 2 aliphatic rings. The molecule has 0 saturated heterocycles. The van der Waals surface area contributed by atoms with Crippen LogP contribution in [0.4, 0.5) is 19.0 Å². The number of allylic oxidation sites excluding steroid dienone is 1. The Labute approximate surface area is 178 Å². The van der Waals surface area contributed by atoms with Gasteiger partial charge in [0.15, 0.2) is 5.82 Å². The third-order valence-electron chi connectivity index (χ3n) is 5.46. The number of anilines is 1. The van der Waals surface area contributed by atoms with Crippen LogP contribution in [0.2, 0.25) is 5.02 Å².